The Balaban J connectivity index is 1.63. The molecule has 122 valence electrons. The second-order valence-electron chi connectivity index (χ2n) is 6.16. The van der Waals surface area contributed by atoms with Crippen molar-refractivity contribution in [2.75, 3.05) is 36.5 Å². The average Bonchev–Trinajstić information content (AvgIpc) is 2.76. The van der Waals surface area contributed by atoms with Crippen LogP contribution in [0.15, 0.2) is 18.2 Å². The third kappa shape index (κ3) is 6.01. The molecule has 1 aliphatic rings. The molecule has 1 aliphatic heterocycles. The smallest absolute Gasteiger partial charge is 0.234 e. The van der Waals surface area contributed by atoms with Crippen LogP contribution in [0.1, 0.15) is 36.8 Å². The molecule has 22 heavy (non-hydrogen) atoms. The third-order valence-electron chi connectivity index (χ3n) is 4.27. The number of carbonyl (C=O) groups is 1. The number of aryl methyl sites for hydroxylation is 2. The van der Waals surface area contributed by atoms with Crippen molar-refractivity contribution in [3.8, 4) is 0 Å². The fraction of sp³-hybridized carbons (Fsp3) is 0.611. The molecule has 0 bridgehead atoms. The van der Waals surface area contributed by atoms with Gasteiger partial charge >= 0.3 is 0 Å². The predicted octanol–water partition coefficient (Wildman–Crippen LogP) is 3.85. The number of hydrogen-bond acceptors (Lipinski definition) is 3. The third-order valence-corrected chi connectivity index (χ3v) is 5.21. The number of carbonyl (C=O) groups excluding carboxylic acids is 1. The van der Waals surface area contributed by atoms with E-state index in [-0.39, 0.29) is 5.91 Å². The van der Waals surface area contributed by atoms with Crippen LogP contribution in [0.5, 0.6) is 0 Å². The fourth-order valence-electron chi connectivity index (χ4n) is 2.73. The summed E-state index contributed by atoms with van der Waals surface area (Å²) in [6.07, 6.45) is 5.42. The quantitative estimate of drug-likeness (QED) is 0.808. The Morgan fingerprint density at radius 2 is 1.86 bits per heavy atom. The van der Waals surface area contributed by atoms with E-state index in [4.69, 9.17) is 0 Å². The first-order valence-corrected chi connectivity index (χ1v) is 9.48. The molecule has 0 aliphatic carbocycles. The van der Waals surface area contributed by atoms with Gasteiger partial charge in [0.05, 0.1) is 5.75 Å². The first kappa shape index (κ1) is 17.4. The van der Waals surface area contributed by atoms with Gasteiger partial charge in [0.1, 0.15) is 0 Å². The van der Waals surface area contributed by atoms with E-state index < -0.39 is 0 Å². The lowest BCUT2D eigenvalue weighted by Gasteiger charge is -2.19. The Bertz CT molecular complexity index is 482. The standard InChI is InChI=1S/C18H28N2OS/c1-15-7-8-17(13-16(15)2)19-18(21)14-22-12-11-20-9-5-3-4-6-10-20/h7-8,13H,3-6,9-12,14H2,1-2H3,(H,19,21). The largest absolute Gasteiger partial charge is 0.325 e. The molecule has 1 aromatic rings. The van der Waals surface area contributed by atoms with Gasteiger partial charge in [0.2, 0.25) is 5.91 Å². The maximum Gasteiger partial charge on any atom is 0.234 e. The van der Waals surface area contributed by atoms with E-state index in [1.165, 1.54) is 49.9 Å². The zero-order valence-corrected chi connectivity index (χ0v) is 14.7. The fourth-order valence-corrected chi connectivity index (χ4v) is 3.52. The topological polar surface area (TPSA) is 32.3 Å². The molecule has 0 spiro atoms. The van der Waals surface area contributed by atoms with Gasteiger partial charge in [0.15, 0.2) is 0 Å². The first-order valence-electron chi connectivity index (χ1n) is 8.32. The second kappa shape index (κ2) is 9.21. The van der Waals surface area contributed by atoms with E-state index in [2.05, 4.69) is 30.1 Å². The highest BCUT2D eigenvalue weighted by molar-refractivity contribution is 7.99. The Hall–Kier alpha value is -1.00. The summed E-state index contributed by atoms with van der Waals surface area (Å²) in [6.45, 7) is 7.73. The molecule has 1 N–H and O–H groups in total. The van der Waals surface area contributed by atoms with Gasteiger partial charge in [0.25, 0.3) is 0 Å². The normalized spacial score (nSPS) is 16.3. The molecule has 0 aromatic heterocycles. The van der Waals surface area contributed by atoms with Gasteiger partial charge in [-0.3, -0.25) is 4.79 Å². The van der Waals surface area contributed by atoms with Crippen molar-refractivity contribution >= 4 is 23.4 Å². The molecule has 1 amide bonds. The van der Waals surface area contributed by atoms with Crippen molar-refractivity contribution < 1.29 is 4.79 Å². The number of thioether (sulfide) groups is 1. The van der Waals surface area contributed by atoms with Crippen LogP contribution in [0, 0.1) is 13.8 Å². The first-order chi connectivity index (χ1) is 10.6. The number of anilines is 1. The summed E-state index contributed by atoms with van der Waals surface area (Å²) in [4.78, 5) is 14.5. The molecule has 2 rings (SSSR count). The summed E-state index contributed by atoms with van der Waals surface area (Å²) in [5, 5.41) is 2.99. The van der Waals surface area contributed by atoms with E-state index >= 15 is 0 Å². The number of nitrogens with one attached hydrogen (secondary N) is 1. The summed E-state index contributed by atoms with van der Waals surface area (Å²) in [5.74, 6) is 1.69. The number of likely N-dealkylation sites (tertiary alicyclic amines) is 1. The second-order valence-corrected chi connectivity index (χ2v) is 7.26. The molecule has 1 heterocycles. The maximum atomic E-state index is 12.0. The van der Waals surface area contributed by atoms with E-state index in [1.54, 1.807) is 11.8 Å². The molecular formula is C18H28N2OS. The molecule has 1 aromatic carbocycles. The maximum absolute atomic E-state index is 12.0. The van der Waals surface area contributed by atoms with Gasteiger partial charge in [0, 0.05) is 18.0 Å². The van der Waals surface area contributed by atoms with Crippen LogP contribution in [0.2, 0.25) is 0 Å². The van der Waals surface area contributed by atoms with E-state index in [0.29, 0.717) is 5.75 Å². The van der Waals surface area contributed by atoms with Crippen molar-refractivity contribution in [3.05, 3.63) is 29.3 Å². The van der Waals surface area contributed by atoms with E-state index in [1.807, 2.05) is 12.1 Å². The van der Waals surface area contributed by atoms with Gasteiger partial charge in [-0.2, -0.15) is 11.8 Å². The van der Waals surface area contributed by atoms with Gasteiger partial charge in [-0.1, -0.05) is 18.9 Å². The van der Waals surface area contributed by atoms with Crippen molar-refractivity contribution in [1.29, 1.82) is 0 Å². The molecule has 1 saturated heterocycles. The summed E-state index contributed by atoms with van der Waals surface area (Å²) < 4.78 is 0. The Morgan fingerprint density at radius 3 is 2.55 bits per heavy atom. The van der Waals surface area contributed by atoms with Crippen molar-refractivity contribution in [1.82, 2.24) is 4.90 Å². The molecule has 0 unspecified atom stereocenters. The zero-order chi connectivity index (χ0) is 15.8. The minimum absolute atomic E-state index is 0.101. The lowest BCUT2D eigenvalue weighted by molar-refractivity contribution is -0.113. The molecule has 0 radical (unpaired) electrons. The predicted molar refractivity (Wildman–Crippen MR) is 96.8 cm³/mol. The molecule has 3 nitrogen and oxygen atoms in total. The minimum Gasteiger partial charge on any atom is -0.325 e. The van der Waals surface area contributed by atoms with Crippen LogP contribution in [0.25, 0.3) is 0 Å². The number of amides is 1. The van der Waals surface area contributed by atoms with Crippen molar-refractivity contribution in [2.24, 2.45) is 0 Å². The zero-order valence-electron chi connectivity index (χ0n) is 13.9. The van der Waals surface area contributed by atoms with Crippen LogP contribution in [-0.4, -0.2) is 41.9 Å². The molecular weight excluding hydrogens is 292 g/mol. The van der Waals surface area contributed by atoms with Crippen LogP contribution in [-0.2, 0) is 4.79 Å². The summed E-state index contributed by atoms with van der Waals surface area (Å²) >= 11 is 1.73. The van der Waals surface area contributed by atoms with Crippen molar-refractivity contribution in [3.63, 3.8) is 0 Å². The molecule has 0 saturated carbocycles. The van der Waals surface area contributed by atoms with Crippen LogP contribution < -0.4 is 5.32 Å². The van der Waals surface area contributed by atoms with E-state index in [9.17, 15) is 4.79 Å². The number of hydrogen-bond donors (Lipinski definition) is 1. The summed E-state index contributed by atoms with van der Waals surface area (Å²) in [5.41, 5.74) is 3.37. The highest BCUT2D eigenvalue weighted by Gasteiger charge is 2.09. The van der Waals surface area contributed by atoms with Crippen LogP contribution >= 0.6 is 11.8 Å². The lowest BCUT2D eigenvalue weighted by Crippen LogP contribution is -2.27. The van der Waals surface area contributed by atoms with Gasteiger partial charge in [-0.15, -0.1) is 0 Å². The van der Waals surface area contributed by atoms with Gasteiger partial charge in [-0.25, -0.2) is 0 Å². The molecule has 0 atom stereocenters. The van der Waals surface area contributed by atoms with Gasteiger partial charge < -0.3 is 10.2 Å². The Kier molecular flexibility index (Phi) is 7.26. The lowest BCUT2D eigenvalue weighted by atomic mass is 10.1. The Labute approximate surface area is 138 Å². The van der Waals surface area contributed by atoms with Gasteiger partial charge in [-0.05, 0) is 63.0 Å². The van der Waals surface area contributed by atoms with E-state index in [0.717, 1.165) is 18.0 Å². The summed E-state index contributed by atoms with van der Waals surface area (Å²) in [7, 11) is 0. The highest BCUT2D eigenvalue weighted by atomic mass is 32.2. The van der Waals surface area contributed by atoms with Crippen LogP contribution in [0.3, 0.4) is 0 Å². The van der Waals surface area contributed by atoms with Crippen molar-refractivity contribution in [2.45, 2.75) is 39.5 Å². The number of nitrogens with zero attached hydrogens (tertiary/aromatic N) is 1. The average molecular weight is 321 g/mol. The molecule has 4 heteroatoms. The van der Waals surface area contributed by atoms with Crippen LogP contribution in [0.4, 0.5) is 5.69 Å². The minimum atomic E-state index is 0.101. The highest BCUT2D eigenvalue weighted by Crippen LogP contribution is 2.15. The Morgan fingerprint density at radius 1 is 1.14 bits per heavy atom. The number of benzene rings is 1. The SMILES string of the molecule is Cc1ccc(NC(=O)CSCCN2CCCCCC2)cc1C. The number of rotatable bonds is 6. The molecule has 1 fully saturated rings. The monoisotopic (exact) mass is 320 g/mol. The summed E-state index contributed by atoms with van der Waals surface area (Å²) in [6, 6.07) is 6.06.